The van der Waals surface area contributed by atoms with Gasteiger partial charge in [-0.05, 0) is 38.0 Å². The molecule has 0 radical (unpaired) electrons. The zero-order chi connectivity index (χ0) is 14.4. The summed E-state index contributed by atoms with van der Waals surface area (Å²) in [6, 6.07) is 2.02. The fourth-order valence-electron chi connectivity index (χ4n) is 2.63. The second kappa shape index (κ2) is 4.49. The second-order valence-corrected chi connectivity index (χ2v) is 5.10. The molecule has 4 heteroatoms. The maximum atomic E-state index is 12.1. The molecule has 0 fully saturated rings. The molecule has 2 heterocycles. The minimum absolute atomic E-state index is 0.256. The molecular formula is C16H16O4. The van der Waals surface area contributed by atoms with Gasteiger partial charge in [0, 0.05) is 23.4 Å². The molecule has 0 saturated carbocycles. The molecule has 0 amide bonds. The van der Waals surface area contributed by atoms with Gasteiger partial charge < -0.3 is 13.6 Å². The van der Waals surface area contributed by atoms with Crippen molar-refractivity contribution in [3.05, 3.63) is 45.0 Å². The van der Waals surface area contributed by atoms with Crippen LogP contribution < -0.4 is 5.63 Å². The van der Waals surface area contributed by atoms with E-state index >= 15 is 0 Å². The van der Waals surface area contributed by atoms with Gasteiger partial charge in [-0.25, -0.2) is 4.79 Å². The topological polar surface area (TPSA) is 52.6 Å². The number of rotatable bonds is 2. The monoisotopic (exact) mass is 272 g/mol. The maximum Gasteiger partial charge on any atom is 0.342 e. The molecule has 1 aromatic carbocycles. The standard InChI is InChI=1S/C16H16O4/c1-8-6-19-14-10(3)15-12(5-11(8)14)9(2)13(7-18-4)16(17)20-15/h5-6H,7H2,1-4H3. The number of benzene rings is 1. The third-order valence-electron chi connectivity index (χ3n) is 3.82. The molecule has 104 valence electrons. The summed E-state index contributed by atoms with van der Waals surface area (Å²) in [5, 5.41) is 1.99. The molecule has 0 aliphatic rings. The predicted octanol–water partition coefficient (Wildman–Crippen LogP) is 3.61. The lowest BCUT2D eigenvalue weighted by atomic mass is 10.0. The Balaban J connectivity index is 2.50. The molecule has 2 aromatic heterocycles. The van der Waals surface area contributed by atoms with Crippen molar-refractivity contribution in [3.63, 3.8) is 0 Å². The van der Waals surface area contributed by atoms with Crippen LogP contribution in [0.5, 0.6) is 0 Å². The largest absolute Gasteiger partial charge is 0.464 e. The van der Waals surface area contributed by atoms with Crippen LogP contribution >= 0.6 is 0 Å². The van der Waals surface area contributed by atoms with Crippen LogP contribution in [0, 0.1) is 20.8 Å². The van der Waals surface area contributed by atoms with Crippen molar-refractivity contribution >= 4 is 21.9 Å². The van der Waals surface area contributed by atoms with Crippen LogP contribution in [-0.4, -0.2) is 7.11 Å². The van der Waals surface area contributed by atoms with Crippen LogP contribution in [0.1, 0.15) is 22.3 Å². The highest BCUT2D eigenvalue weighted by molar-refractivity contribution is 5.99. The first kappa shape index (κ1) is 12.9. The Bertz CT molecular complexity index is 868. The SMILES string of the molecule is COCc1c(C)c2cc3c(C)coc3c(C)c2oc1=O. The van der Waals surface area contributed by atoms with Gasteiger partial charge in [-0.1, -0.05) is 0 Å². The quantitative estimate of drug-likeness (QED) is 0.669. The molecule has 0 aliphatic heterocycles. The van der Waals surface area contributed by atoms with Crippen molar-refractivity contribution in [3.8, 4) is 0 Å². The summed E-state index contributed by atoms with van der Waals surface area (Å²) in [4.78, 5) is 12.1. The van der Waals surface area contributed by atoms with Gasteiger partial charge in [-0.2, -0.15) is 0 Å². The van der Waals surface area contributed by atoms with Crippen LogP contribution in [0.3, 0.4) is 0 Å². The number of aryl methyl sites for hydroxylation is 3. The van der Waals surface area contributed by atoms with Gasteiger partial charge in [0.25, 0.3) is 0 Å². The van der Waals surface area contributed by atoms with Crippen molar-refractivity contribution in [2.45, 2.75) is 27.4 Å². The zero-order valence-corrected chi connectivity index (χ0v) is 12.0. The molecule has 20 heavy (non-hydrogen) atoms. The third-order valence-corrected chi connectivity index (χ3v) is 3.82. The van der Waals surface area contributed by atoms with Crippen LogP contribution in [0.2, 0.25) is 0 Å². The van der Waals surface area contributed by atoms with E-state index in [4.69, 9.17) is 13.6 Å². The lowest BCUT2D eigenvalue weighted by molar-refractivity contribution is 0.181. The highest BCUT2D eigenvalue weighted by Crippen LogP contribution is 2.32. The van der Waals surface area contributed by atoms with Crippen molar-refractivity contribution in [2.24, 2.45) is 0 Å². The number of hydrogen-bond donors (Lipinski definition) is 0. The molecular weight excluding hydrogens is 256 g/mol. The zero-order valence-electron chi connectivity index (χ0n) is 12.0. The number of ether oxygens (including phenoxy) is 1. The number of fused-ring (bicyclic) bond motifs is 2. The Morgan fingerprint density at radius 1 is 1.10 bits per heavy atom. The summed E-state index contributed by atoms with van der Waals surface area (Å²) in [7, 11) is 1.57. The van der Waals surface area contributed by atoms with Gasteiger partial charge in [-0.15, -0.1) is 0 Å². The number of hydrogen-bond acceptors (Lipinski definition) is 4. The summed E-state index contributed by atoms with van der Waals surface area (Å²) in [5.74, 6) is 0. The lowest BCUT2D eigenvalue weighted by Gasteiger charge is -2.09. The molecule has 3 aromatic rings. The molecule has 0 saturated heterocycles. The van der Waals surface area contributed by atoms with Crippen molar-refractivity contribution in [1.29, 1.82) is 0 Å². The van der Waals surface area contributed by atoms with Crippen LogP contribution in [0.4, 0.5) is 0 Å². The maximum absolute atomic E-state index is 12.1. The fraction of sp³-hybridized carbons (Fsp3) is 0.312. The molecule has 0 unspecified atom stereocenters. The average Bonchev–Trinajstić information content (AvgIpc) is 2.78. The number of methoxy groups -OCH3 is 1. The highest BCUT2D eigenvalue weighted by Gasteiger charge is 2.17. The predicted molar refractivity (Wildman–Crippen MR) is 77.2 cm³/mol. The number of furan rings is 1. The van der Waals surface area contributed by atoms with E-state index in [0.29, 0.717) is 11.1 Å². The molecule has 0 bridgehead atoms. The lowest BCUT2D eigenvalue weighted by Crippen LogP contribution is -2.11. The van der Waals surface area contributed by atoms with E-state index in [0.717, 1.165) is 33.0 Å². The van der Waals surface area contributed by atoms with Gasteiger partial charge in [0.15, 0.2) is 0 Å². The van der Waals surface area contributed by atoms with E-state index in [1.54, 1.807) is 13.4 Å². The van der Waals surface area contributed by atoms with Gasteiger partial charge in [0.1, 0.15) is 11.2 Å². The van der Waals surface area contributed by atoms with Crippen LogP contribution in [0.25, 0.3) is 21.9 Å². The second-order valence-electron chi connectivity index (χ2n) is 5.10. The van der Waals surface area contributed by atoms with E-state index < -0.39 is 0 Å². The normalized spacial score (nSPS) is 11.6. The van der Waals surface area contributed by atoms with E-state index in [2.05, 4.69) is 0 Å². The Labute approximate surface area is 115 Å². The molecule has 0 N–H and O–H groups in total. The Morgan fingerprint density at radius 3 is 2.55 bits per heavy atom. The first-order chi connectivity index (χ1) is 9.54. The smallest absolute Gasteiger partial charge is 0.342 e. The minimum atomic E-state index is -0.345. The summed E-state index contributed by atoms with van der Waals surface area (Å²) in [5.41, 5.74) is 4.43. The van der Waals surface area contributed by atoms with Crippen LogP contribution in [0.15, 0.2) is 26.0 Å². The van der Waals surface area contributed by atoms with Crippen molar-refractivity contribution in [2.75, 3.05) is 7.11 Å². The minimum Gasteiger partial charge on any atom is -0.464 e. The Morgan fingerprint density at radius 2 is 1.85 bits per heavy atom. The summed E-state index contributed by atoms with van der Waals surface area (Å²) < 4.78 is 16.1. The van der Waals surface area contributed by atoms with Crippen LogP contribution in [-0.2, 0) is 11.3 Å². The summed E-state index contributed by atoms with van der Waals surface area (Å²) >= 11 is 0. The van der Waals surface area contributed by atoms with Gasteiger partial charge >= 0.3 is 5.63 Å². The molecule has 4 nitrogen and oxygen atoms in total. The van der Waals surface area contributed by atoms with Crippen molar-refractivity contribution in [1.82, 2.24) is 0 Å². The molecule has 0 aliphatic carbocycles. The van der Waals surface area contributed by atoms with Crippen molar-refractivity contribution < 1.29 is 13.6 Å². The third kappa shape index (κ3) is 1.68. The van der Waals surface area contributed by atoms with E-state index in [1.807, 2.05) is 26.8 Å². The van der Waals surface area contributed by atoms with Gasteiger partial charge in [-0.3, -0.25) is 0 Å². The first-order valence-electron chi connectivity index (χ1n) is 6.47. The highest BCUT2D eigenvalue weighted by atomic mass is 16.5. The van der Waals surface area contributed by atoms with E-state index in [-0.39, 0.29) is 12.2 Å². The summed E-state index contributed by atoms with van der Waals surface area (Å²) in [6.45, 7) is 6.09. The molecule has 3 rings (SSSR count). The van der Waals surface area contributed by atoms with E-state index in [9.17, 15) is 4.79 Å². The average molecular weight is 272 g/mol. The Hall–Kier alpha value is -2.07. The summed E-state index contributed by atoms with van der Waals surface area (Å²) in [6.07, 6.45) is 1.72. The fourth-order valence-corrected chi connectivity index (χ4v) is 2.63. The first-order valence-corrected chi connectivity index (χ1v) is 6.47. The van der Waals surface area contributed by atoms with E-state index in [1.165, 1.54) is 0 Å². The molecule has 0 spiro atoms. The van der Waals surface area contributed by atoms with Gasteiger partial charge in [0.2, 0.25) is 0 Å². The van der Waals surface area contributed by atoms with Gasteiger partial charge in [0.05, 0.1) is 18.4 Å². The Kier molecular flexibility index (Phi) is 2.91. The molecule has 0 atom stereocenters.